The topological polar surface area (TPSA) is 58.4 Å². The average molecular weight is 256 g/mol. The molecule has 0 saturated carbocycles. The molecule has 1 aromatic carbocycles. The number of benzene rings is 1. The Morgan fingerprint density at radius 3 is 2.71 bits per heavy atom. The Labute approximate surface area is 107 Å². The molecule has 1 amide bonds. The normalized spacial score (nSPS) is 10.3. The van der Waals surface area contributed by atoms with Crippen molar-refractivity contribution in [1.29, 1.82) is 0 Å². The van der Waals surface area contributed by atoms with Gasteiger partial charge in [-0.15, -0.1) is 0 Å². The maximum absolute atomic E-state index is 11.0. The number of primary amides is 1. The van der Waals surface area contributed by atoms with Gasteiger partial charge in [0.25, 0.3) is 0 Å². The SMILES string of the molecule is CCN(CC(N)=O)c1ccc(CNC)cc1Cl. The fourth-order valence-electron chi connectivity index (χ4n) is 1.68. The summed E-state index contributed by atoms with van der Waals surface area (Å²) in [6.45, 7) is 3.60. The third kappa shape index (κ3) is 3.91. The molecule has 17 heavy (non-hydrogen) atoms. The molecule has 0 aliphatic rings. The molecule has 5 heteroatoms. The number of likely N-dealkylation sites (N-methyl/N-ethyl adjacent to an activating group) is 1. The summed E-state index contributed by atoms with van der Waals surface area (Å²) >= 11 is 6.20. The second-order valence-electron chi connectivity index (χ2n) is 3.80. The van der Waals surface area contributed by atoms with E-state index in [4.69, 9.17) is 17.3 Å². The first kappa shape index (κ1) is 13.8. The minimum absolute atomic E-state index is 0.182. The number of nitrogens with zero attached hydrogens (tertiary/aromatic N) is 1. The molecule has 0 aromatic heterocycles. The van der Waals surface area contributed by atoms with E-state index in [1.807, 2.05) is 37.1 Å². The van der Waals surface area contributed by atoms with Crippen molar-refractivity contribution in [1.82, 2.24) is 5.32 Å². The highest BCUT2D eigenvalue weighted by molar-refractivity contribution is 6.33. The molecular formula is C12H18ClN3O. The first-order valence-electron chi connectivity index (χ1n) is 5.54. The summed E-state index contributed by atoms with van der Waals surface area (Å²) in [4.78, 5) is 12.8. The highest BCUT2D eigenvalue weighted by atomic mass is 35.5. The fraction of sp³-hybridized carbons (Fsp3) is 0.417. The van der Waals surface area contributed by atoms with Crippen molar-refractivity contribution in [2.24, 2.45) is 5.73 Å². The number of halogens is 1. The second-order valence-corrected chi connectivity index (χ2v) is 4.20. The average Bonchev–Trinajstić information content (AvgIpc) is 2.27. The van der Waals surface area contributed by atoms with E-state index in [0.29, 0.717) is 11.6 Å². The molecule has 1 aromatic rings. The Morgan fingerprint density at radius 2 is 2.24 bits per heavy atom. The van der Waals surface area contributed by atoms with Crippen LogP contribution >= 0.6 is 11.6 Å². The Balaban J connectivity index is 2.92. The van der Waals surface area contributed by atoms with Crippen molar-refractivity contribution in [2.45, 2.75) is 13.5 Å². The van der Waals surface area contributed by atoms with Gasteiger partial charge in [-0.25, -0.2) is 0 Å². The van der Waals surface area contributed by atoms with E-state index in [9.17, 15) is 4.79 Å². The summed E-state index contributed by atoms with van der Waals surface area (Å²) in [5, 5.41) is 3.70. The minimum atomic E-state index is -0.359. The Morgan fingerprint density at radius 1 is 1.53 bits per heavy atom. The first-order valence-corrected chi connectivity index (χ1v) is 5.92. The molecule has 0 unspecified atom stereocenters. The van der Waals surface area contributed by atoms with Crippen LogP contribution < -0.4 is 16.0 Å². The van der Waals surface area contributed by atoms with Crippen molar-refractivity contribution in [3.63, 3.8) is 0 Å². The number of rotatable bonds is 6. The van der Waals surface area contributed by atoms with Crippen LogP contribution in [0.3, 0.4) is 0 Å². The van der Waals surface area contributed by atoms with Crippen LogP contribution in [-0.4, -0.2) is 26.0 Å². The van der Waals surface area contributed by atoms with E-state index in [1.165, 1.54) is 0 Å². The zero-order chi connectivity index (χ0) is 12.8. The highest BCUT2D eigenvalue weighted by Crippen LogP contribution is 2.26. The van der Waals surface area contributed by atoms with Gasteiger partial charge in [-0.05, 0) is 31.7 Å². The molecule has 0 bridgehead atoms. The molecule has 3 N–H and O–H groups in total. The number of nitrogens with one attached hydrogen (secondary N) is 1. The van der Waals surface area contributed by atoms with E-state index in [-0.39, 0.29) is 12.5 Å². The van der Waals surface area contributed by atoms with Gasteiger partial charge < -0.3 is 16.0 Å². The van der Waals surface area contributed by atoms with Crippen LogP contribution in [0.1, 0.15) is 12.5 Å². The van der Waals surface area contributed by atoms with E-state index in [0.717, 1.165) is 17.8 Å². The van der Waals surface area contributed by atoms with Crippen LogP contribution in [0.2, 0.25) is 5.02 Å². The van der Waals surface area contributed by atoms with E-state index in [1.54, 1.807) is 0 Å². The Hall–Kier alpha value is -1.26. The lowest BCUT2D eigenvalue weighted by Crippen LogP contribution is -2.33. The molecule has 1 rings (SSSR count). The molecule has 0 saturated heterocycles. The van der Waals surface area contributed by atoms with Crippen molar-refractivity contribution in [3.05, 3.63) is 28.8 Å². The van der Waals surface area contributed by atoms with Crippen LogP contribution in [0.4, 0.5) is 5.69 Å². The van der Waals surface area contributed by atoms with E-state index in [2.05, 4.69) is 5.32 Å². The number of carbonyl (C=O) groups is 1. The summed E-state index contributed by atoms with van der Waals surface area (Å²) in [6.07, 6.45) is 0. The third-order valence-corrected chi connectivity index (χ3v) is 2.76. The lowest BCUT2D eigenvalue weighted by molar-refractivity contribution is -0.116. The van der Waals surface area contributed by atoms with Gasteiger partial charge in [-0.2, -0.15) is 0 Å². The summed E-state index contributed by atoms with van der Waals surface area (Å²) < 4.78 is 0. The van der Waals surface area contributed by atoms with Gasteiger partial charge in [0.1, 0.15) is 0 Å². The zero-order valence-corrected chi connectivity index (χ0v) is 10.9. The van der Waals surface area contributed by atoms with Crippen LogP contribution in [0.25, 0.3) is 0 Å². The maximum atomic E-state index is 11.0. The zero-order valence-electron chi connectivity index (χ0n) is 10.2. The molecule has 0 heterocycles. The van der Waals surface area contributed by atoms with Crippen LogP contribution in [-0.2, 0) is 11.3 Å². The number of amides is 1. The van der Waals surface area contributed by atoms with E-state index >= 15 is 0 Å². The number of nitrogens with two attached hydrogens (primary N) is 1. The van der Waals surface area contributed by atoms with Gasteiger partial charge in [-0.3, -0.25) is 4.79 Å². The number of anilines is 1. The largest absolute Gasteiger partial charge is 0.368 e. The molecule has 94 valence electrons. The molecule has 0 spiro atoms. The maximum Gasteiger partial charge on any atom is 0.236 e. The summed E-state index contributed by atoms with van der Waals surface area (Å²) in [5.41, 5.74) is 7.15. The van der Waals surface area contributed by atoms with Crippen LogP contribution in [0, 0.1) is 0 Å². The molecule has 0 atom stereocenters. The minimum Gasteiger partial charge on any atom is -0.368 e. The molecule has 4 nitrogen and oxygen atoms in total. The third-order valence-electron chi connectivity index (χ3n) is 2.46. The van der Waals surface area contributed by atoms with Gasteiger partial charge in [0.2, 0.25) is 5.91 Å². The summed E-state index contributed by atoms with van der Waals surface area (Å²) in [6, 6.07) is 5.81. The second kappa shape index (κ2) is 6.47. The first-order chi connectivity index (χ1) is 8.08. The monoisotopic (exact) mass is 255 g/mol. The fourth-order valence-corrected chi connectivity index (χ4v) is 2.00. The predicted molar refractivity (Wildman–Crippen MR) is 71.3 cm³/mol. The quantitative estimate of drug-likeness (QED) is 0.807. The lowest BCUT2D eigenvalue weighted by atomic mass is 10.2. The van der Waals surface area contributed by atoms with Crippen molar-refractivity contribution >= 4 is 23.2 Å². The summed E-state index contributed by atoms with van der Waals surface area (Å²) in [7, 11) is 1.88. The van der Waals surface area contributed by atoms with Crippen molar-refractivity contribution in [3.8, 4) is 0 Å². The Bertz CT molecular complexity index is 395. The van der Waals surface area contributed by atoms with E-state index < -0.39 is 0 Å². The Kier molecular flexibility index (Phi) is 5.25. The van der Waals surface area contributed by atoms with Crippen molar-refractivity contribution in [2.75, 3.05) is 25.0 Å². The smallest absolute Gasteiger partial charge is 0.236 e. The van der Waals surface area contributed by atoms with Gasteiger partial charge in [0.15, 0.2) is 0 Å². The predicted octanol–water partition coefficient (Wildman–Crippen LogP) is 1.37. The number of carbonyl (C=O) groups excluding carboxylic acids is 1. The standard InChI is InChI=1S/C12H18ClN3O/c1-3-16(8-12(14)17)11-5-4-9(7-15-2)6-10(11)13/h4-6,15H,3,7-8H2,1-2H3,(H2,14,17). The highest BCUT2D eigenvalue weighted by Gasteiger charge is 2.11. The number of hydrogen-bond donors (Lipinski definition) is 2. The molecule has 0 fully saturated rings. The van der Waals surface area contributed by atoms with Crippen LogP contribution in [0.5, 0.6) is 0 Å². The molecule has 0 radical (unpaired) electrons. The number of hydrogen-bond acceptors (Lipinski definition) is 3. The lowest BCUT2D eigenvalue weighted by Gasteiger charge is -2.22. The summed E-state index contributed by atoms with van der Waals surface area (Å²) in [5.74, 6) is -0.359. The molecule has 0 aliphatic carbocycles. The van der Waals surface area contributed by atoms with Gasteiger partial charge in [0, 0.05) is 13.1 Å². The van der Waals surface area contributed by atoms with Gasteiger partial charge in [0.05, 0.1) is 17.3 Å². The van der Waals surface area contributed by atoms with Gasteiger partial charge in [-0.1, -0.05) is 17.7 Å². The van der Waals surface area contributed by atoms with Gasteiger partial charge >= 0.3 is 0 Å². The van der Waals surface area contributed by atoms with Crippen molar-refractivity contribution < 1.29 is 4.79 Å². The molecule has 0 aliphatic heterocycles. The van der Waals surface area contributed by atoms with Crippen LogP contribution in [0.15, 0.2) is 18.2 Å². The molecular weight excluding hydrogens is 238 g/mol.